The number of nitrogens with two attached hydrogens (primary N) is 1. The van der Waals surface area contributed by atoms with E-state index in [1.54, 1.807) is 6.92 Å². The van der Waals surface area contributed by atoms with Gasteiger partial charge in [0.1, 0.15) is 6.04 Å². The smallest absolute Gasteiger partial charge is 0.339 e. The molecule has 0 bridgehead atoms. The molecule has 0 aliphatic rings. The van der Waals surface area contributed by atoms with E-state index in [0.717, 1.165) is 8.66 Å². The van der Waals surface area contributed by atoms with Crippen LogP contribution in [0.25, 0.3) is 0 Å². The summed E-state index contributed by atoms with van der Waals surface area (Å²) in [4.78, 5) is 11.4. The second-order valence-corrected chi connectivity index (χ2v) is 5.19. The molecule has 0 spiro atoms. The van der Waals surface area contributed by atoms with Crippen molar-refractivity contribution in [3.8, 4) is 11.8 Å². The largest absolute Gasteiger partial charge is 0.350 e. The maximum atomic E-state index is 10.6. The molecule has 1 atom stereocenters. The number of urea groups is 1. The van der Waals surface area contributed by atoms with Crippen LogP contribution < -0.4 is 5.73 Å². The number of hydrogen-bond donors (Lipinski definition) is 2. The first-order valence-electron chi connectivity index (χ1n) is 4.05. The van der Waals surface area contributed by atoms with Gasteiger partial charge < -0.3 is 5.73 Å². The van der Waals surface area contributed by atoms with Crippen LogP contribution in [0, 0.1) is 11.8 Å². The maximum absolute atomic E-state index is 10.6. The van der Waals surface area contributed by atoms with E-state index >= 15 is 0 Å². The quantitative estimate of drug-likeness (QED) is 0.472. The van der Waals surface area contributed by atoms with Crippen molar-refractivity contribution in [2.24, 2.45) is 5.73 Å². The molecule has 1 aromatic heterocycles. The van der Waals surface area contributed by atoms with Gasteiger partial charge in [0.15, 0.2) is 0 Å². The number of hydroxylamine groups is 2. The second-order valence-electron chi connectivity index (χ2n) is 2.73. The summed E-state index contributed by atoms with van der Waals surface area (Å²) in [6, 6.07) is 2.19. The zero-order chi connectivity index (χ0) is 11.4. The fourth-order valence-corrected chi connectivity index (χ4v) is 2.06. The van der Waals surface area contributed by atoms with Crippen LogP contribution in [0.1, 0.15) is 11.8 Å². The molecule has 0 aliphatic carbocycles. The van der Waals surface area contributed by atoms with Crippen molar-refractivity contribution in [3.63, 3.8) is 0 Å². The van der Waals surface area contributed by atoms with E-state index < -0.39 is 12.1 Å². The van der Waals surface area contributed by atoms with E-state index in [0.29, 0.717) is 5.06 Å². The van der Waals surface area contributed by atoms with Crippen molar-refractivity contribution in [1.29, 1.82) is 0 Å². The summed E-state index contributed by atoms with van der Waals surface area (Å²) < 4.78 is 0.982. The zero-order valence-electron chi connectivity index (χ0n) is 7.90. The summed E-state index contributed by atoms with van der Waals surface area (Å²) in [5.41, 5.74) is 4.87. The van der Waals surface area contributed by atoms with Gasteiger partial charge in [0.05, 0.1) is 8.66 Å². The van der Waals surface area contributed by atoms with E-state index in [4.69, 9.17) is 10.9 Å². The van der Waals surface area contributed by atoms with Crippen molar-refractivity contribution in [2.75, 3.05) is 0 Å². The number of rotatable bonds is 1. The number of carbonyl (C=O) groups is 1. The average molecular weight is 289 g/mol. The lowest BCUT2D eigenvalue weighted by molar-refractivity contribution is -0.0536. The molecular formula is C9H9BrN2O2S. The Morgan fingerprint density at radius 3 is 2.87 bits per heavy atom. The van der Waals surface area contributed by atoms with Gasteiger partial charge in [0.25, 0.3) is 0 Å². The highest BCUT2D eigenvalue weighted by Crippen LogP contribution is 2.20. The lowest BCUT2D eigenvalue weighted by atomic mass is 10.3. The third-order valence-electron chi connectivity index (χ3n) is 1.57. The van der Waals surface area contributed by atoms with Crippen molar-refractivity contribution in [3.05, 3.63) is 20.8 Å². The third kappa shape index (κ3) is 3.55. The van der Waals surface area contributed by atoms with E-state index in [-0.39, 0.29) is 0 Å². The van der Waals surface area contributed by atoms with Gasteiger partial charge in [0.2, 0.25) is 0 Å². The highest BCUT2D eigenvalue weighted by Gasteiger charge is 2.11. The van der Waals surface area contributed by atoms with Crippen LogP contribution in [-0.2, 0) is 0 Å². The SMILES string of the molecule is CC(C#Cc1ccc(Br)s1)N(O)C(N)=O. The maximum Gasteiger partial charge on any atom is 0.339 e. The fraction of sp³-hybridized carbons (Fsp3) is 0.222. The zero-order valence-corrected chi connectivity index (χ0v) is 10.3. The topological polar surface area (TPSA) is 66.6 Å². The molecule has 4 nitrogen and oxygen atoms in total. The van der Waals surface area contributed by atoms with Crippen molar-refractivity contribution in [2.45, 2.75) is 13.0 Å². The molecule has 0 saturated carbocycles. The second kappa shape index (κ2) is 5.16. The molecule has 1 rings (SSSR count). The van der Waals surface area contributed by atoms with Crippen LogP contribution in [0.2, 0.25) is 0 Å². The monoisotopic (exact) mass is 288 g/mol. The van der Waals surface area contributed by atoms with Crippen LogP contribution in [-0.4, -0.2) is 22.3 Å². The normalized spacial score (nSPS) is 11.4. The van der Waals surface area contributed by atoms with Gasteiger partial charge in [-0.3, -0.25) is 5.21 Å². The Morgan fingerprint density at radius 2 is 2.40 bits per heavy atom. The Hall–Kier alpha value is -1.03. The minimum absolute atomic E-state index is 0.398. The molecule has 1 aromatic rings. The van der Waals surface area contributed by atoms with E-state index in [1.807, 2.05) is 12.1 Å². The molecule has 3 N–H and O–H groups in total. The molecule has 0 radical (unpaired) electrons. The summed E-state index contributed by atoms with van der Waals surface area (Å²) in [6.07, 6.45) is 0. The standard InChI is InChI=1S/C9H9BrN2O2S/c1-6(12(14)9(11)13)2-3-7-4-5-8(10)15-7/h4-6,14H,1H3,(H2,11,13). The minimum atomic E-state index is -0.913. The Balaban J connectivity index is 2.69. The lowest BCUT2D eigenvalue weighted by Gasteiger charge is -2.14. The predicted molar refractivity (Wildman–Crippen MR) is 61.6 cm³/mol. The summed E-state index contributed by atoms with van der Waals surface area (Å²) >= 11 is 4.78. The molecule has 1 heterocycles. The van der Waals surface area contributed by atoms with Crippen LogP contribution in [0.15, 0.2) is 15.9 Å². The van der Waals surface area contributed by atoms with Crippen LogP contribution in [0.4, 0.5) is 4.79 Å². The molecule has 1 unspecified atom stereocenters. The summed E-state index contributed by atoms with van der Waals surface area (Å²) in [7, 11) is 0. The first-order chi connectivity index (χ1) is 7.00. The summed E-state index contributed by atoms with van der Waals surface area (Å²) in [5, 5.41) is 9.53. The van der Waals surface area contributed by atoms with Crippen LogP contribution >= 0.6 is 27.3 Å². The number of nitrogens with zero attached hydrogens (tertiary/aromatic N) is 1. The van der Waals surface area contributed by atoms with Crippen molar-refractivity contribution >= 4 is 33.3 Å². The molecule has 0 saturated heterocycles. The van der Waals surface area contributed by atoms with Gasteiger partial charge in [-0.05, 0) is 35.0 Å². The number of thiophene rings is 1. The molecule has 6 heteroatoms. The Bertz CT molecular complexity index is 421. The molecular weight excluding hydrogens is 280 g/mol. The Labute approximate surface area is 99.8 Å². The average Bonchev–Trinajstić information content (AvgIpc) is 2.59. The van der Waals surface area contributed by atoms with E-state index in [9.17, 15) is 4.79 Å². The molecule has 0 aromatic carbocycles. The number of hydrogen-bond acceptors (Lipinski definition) is 3. The van der Waals surface area contributed by atoms with Crippen molar-refractivity contribution in [1.82, 2.24) is 5.06 Å². The molecule has 0 aliphatic heterocycles. The summed E-state index contributed by atoms with van der Waals surface area (Å²) in [6.45, 7) is 1.58. The lowest BCUT2D eigenvalue weighted by Crippen LogP contribution is -2.38. The first-order valence-corrected chi connectivity index (χ1v) is 5.66. The molecule has 15 heavy (non-hydrogen) atoms. The molecule has 80 valence electrons. The Kier molecular flexibility index (Phi) is 4.15. The fourth-order valence-electron chi connectivity index (χ4n) is 0.809. The van der Waals surface area contributed by atoms with Gasteiger partial charge in [-0.15, -0.1) is 11.3 Å². The predicted octanol–water partition coefficient (Wildman–Crippen LogP) is 2.02. The van der Waals surface area contributed by atoms with Gasteiger partial charge >= 0.3 is 6.03 Å². The number of carbonyl (C=O) groups excluding carboxylic acids is 1. The van der Waals surface area contributed by atoms with Crippen LogP contribution in [0.5, 0.6) is 0 Å². The van der Waals surface area contributed by atoms with E-state index in [1.165, 1.54) is 11.3 Å². The van der Waals surface area contributed by atoms with Crippen LogP contribution in [0.3, 0.4) is 0 Å². The highest BCUT2D eigenvalue weighted by molar-refractivity contribution is 9.11. The third-order valence-corrected chi connectivity index (χ3v) is 3.11. The number of primary amides is 1. The molecule has 0 fully saturated rings. The van der Waals surface area contributed by atoms with Crippen molar-refractivity contribution < 1.29 is 10.0 Å². The molecule has 2 amide bonds. The number of amides is 2. The number of halogens is 1. The highest BCUT2D eigenvalue weighted by atomic mass is 79.9. The Morgan fingerprint density at radius 1 is 1.73 bits per heavy atom. The summed E-state index contributed by atoms with van der Waals surface area (Å²) in [5.74, 6) is 5.54. The van der Waals surface area contributed by atoms with Gasteiger partial charge in [-0.25, -0.2) is 4.79 Å². The van der Waals surface area contributed by atoms with Gasteiger partial charge in [-0.1, -0.05) is 11.8 Å². The van der Waals surface area contributed by atoms with Gasteiger partial charge in [-0.2, -0.15) is 5.06 Å². The minimum Gasteiger partial charge on any atom is -0.350 e. The van der Waals surface area contributed by atoms with Gasteiger partial charge in [0, 0.05) is 0 Å². The first kappa shape index (κ1) is 12.0. The van der Waals surface area contributed by atoms with E-state index in [2.05, 4.69) is 27.8 Å².